The molecule has 0 aliphatic rings. The highest BCUT2D eigenvalue weighted by Gasteiger charge is 2.18. The molecule has 0 atom stereocenters. The summed E-state index contributed by atoms with van der Waals surface area (Å²) in [6.07, 6.45) is 0. The lowest BCUT2D eigenvalue weighted by Gasteiger charge is -2.15. The van der Waals surface area contributed by atoms with Gasteiger partial charge in [0.05, 0.1) is 13.7 Å². The Kier molecular flexibility index (Phi) is 4.63. The monoisotopic (exact) mass is 258 g/mol. The van der Waals surface area contributed by atoms with E-state index < -0.39 is 5.97 Å². The van der Waals surface area contributed by atoms with E-state index in [1.165, 1.54) is 19.2 Å². The van der Waals surface area contributed by atoms with Crippen LogP contribution in [-0.4, -0.2) is 24.8 Å². The van der Waals surface area contributed by atoms with Crippen LogP contribution in [0.15, 0.2) is 12.1 Å². The molecule has 17 heavy (non-hydrogen) atoms. The molecule has 0 fully saturated rings. The third-order valence-corrected chi connectivity index (χ3v) is 2.25. The molecule has 1 rings (SSSR count). The van der Waals surface area contributed by atoms with Gasteiger partial charge in [-0.2, -0.15) is 0 Å². The van der Waals surface area contributed by atoms with Crippen LogP contribution >= 0.6 is 11.6 Å². The van der Waals surface area contributed by atoms with Crippen molar-refractivity contribution in [3.8, 4) is 11.5 Å². The molecule has 1 aromatic carbocycles. The second-order valence-electron chi connectivity index (χ2n) is 3.99. The lowest BCUT2D eigenvalue weighted by atomic mass is 10.2. The van der Waals surface area contributed by atoms with Crippen LogP contribution in [0.5, 0.6) is 11.5 Å². The second kappa shape index (κ2) is 5.77. The van der Waals surface area contributed by atoms with Crippen molar-refractivity contribution < 1.29 is 19.4 Å². The minimum atomic E-state index is -1.09. The summed E-state index contributed by atoms with van der Waals surface area (Å²) >= 11 is 5.81. The number of ether oxygens (including phenoxy) is 2. The standard InChI is InChI=1S/C12H15ClO4/c1-7(2)6-17-11-9(12(14)15)4-8(13)5-10(11)16-3/h4-5,7H,6H2,1-3H3,(H,14,15). The number of carboxylic acid groups (broad SMARTS) is 1. The number of rotatable bonds is 5. The van der Waals surface area contributed by atoms with E-state index in [1.807, 2.05) is 13.8 Å². The average Bonchev–Trinajstić information content (AvgIpc) is 2.25. The molecule has 1 N–H and O–H groups in total. The van der Waals surface area contributed by atoms with E-state index in [2.05, 4.69) is 0 Å². The molecule has 0 aliphatic heterocycles. The molecule has 0 aromatic heterocycles. The molecule has 1 aromatic rings. The molecular formula is C12H15ClO4. The van der Waals surface area contributed by atoms with Crippen LogP contribution in [0, 0.1) is 5.92 Å². The van der Waals surface area contributed by atoms with Crippen molar-refractivity contribution in [3.05, 3.63) is 22.7 Å². The van der Waals surface area contributed by atoms with Crippen LogP contribution in [0.3, 0.4) is 0 Å². The molecule has 0 heterocycles. The van der Waals surface area contributed by atoms with Crippen molar-refractivity contribution in [1.29, 1.82) is 0 Å². The maximum atomic E-state index is 11.1. The average molecular weight is 259 g/mol. The molecule has 94 valence electrons. The molecule has 0 radical (unpaired) electrons. The van der Waals surface area contributed by atoms with Crippen molar-refractivity contribution in [2.75, 3.05) is 13.7 Å². The molecule has 5 heteroatoms. The van der Waals surface area contributed by atoms with Crippen molar-refractivity contribution >= 4 is 17.6 Å². The topological polar surface area (TPSA) is 55.8 Å². The molecule has 4 nitrogen and oxygen atoms in total. The number of benzene rings is 1. The Morgan fingerprint density at radius 1 is 1.47 bits per heavy atom. The van der Waals surface area contributed by atoms with Gasteiger partial charge in [0.25, 0.3) is 0 Å². The molecule has 0 aliphatic carbocycles. The number of halogens is 1. The van der Waals surface area contributed by atoms with Crippen molar-refractivity contribution in [2.24, 2.45) is 5.92 Å². The highest BCUT2D eigenvalue weighted by Crippen LogP contribution is 2.35. The SMILES string of the molecule is COc1cc(Cl)cc(C(=O)O)c1OCC(C)C. The number of hydrogen-bond donors (Lipinski definition) is 1. The number of aromatic carboxylic acids is 1. The van der Waals surface area contributed by atoms with E-state index in [1.54, 1.807) is 0 Å². The quantitative estimate of drug-likeness (QED) is 0.882. The van der Waals surface area contributed by atoms with Gasteiger partial charge < -0.3 is 14.6 Å². The van der Waals surface area contributed by atoms with E-state index in [4.69, 9.17) is 26.2 Å². The second-order valence-corrected chi connectivity index (χ2v) is 4.43. The van der Waals surface area contributed by atoms with E-state index in [9.17, 15) is 4.79 Å². The maximum absolute atomic E-state index is 11.1. The van der Waals surface area contributed by atoms with Gasteiger partial charge in [0.2, 0.25) is 0 Å². The van der Waals surface area contributed by atoms with Gasteiger partial charge in [0.1, 0.15) is 5.56 Å². The van der Waals surface area contributed by atoms with Crippen molar-refractivity contribution in [2.45, 2.75) is 13.8 Å². The Morgan fingerprint density at radius 3 is 2.59 bits per heavy atom. The molecular weight excluding hydrogens is 244 g/mol. The first-order valence-corrected chi connectivity index (χ1v) is 5.57. The largest absolute Gasteiger partial charge is 0.493 e. The van der Waals surface area contributed by atoms with Gasteiger partial charge >= 0.3 is 5.97 Å². The minimum absolute atomic E-state index is 0.00926. The van der Waals surface area contributed by atoms with Gasteiger partial charge in [0.15, 0.2) is 11.5 Å². The summed E-state index contributed by atoms with van der Waals surface area (Å²) in [4.78, 5) is 11.1. The van der Waals surface area contributed by atoms with Crippen LogP contribution < -0.4 is 9.47 Å². The van der Waals surface area contributed by atoms with Crippen molar-refractivity contribution in [3.63, 3.8) is 0 Å². The zero-order chi connectivity index (χ0) is 13.0. The number of methoxy groups -OCH3 is 1. The summed E-state index contributed by atoms with van der Waals surface area (Å²) in [5, 5.41) is 9.38. The van der Waals surface area contributed by atoms with Crippen LogP contribution in [0.25, 0.3) is 0 Å². The van der Waals surface area contributed by atoms with Crippen LogP contribution in [-0.2, 0) is 0 Å². The summed E-state index contributed by atoms with van der Waals surface area (Å²) in [7, 11) is 1.44. The Morgan fingerprint density at radius 2 is 2.12 bits per heavy atom. The first-order chi connectivity index (χ1) is 7.95. The van der Waals surface area contributed by atoms with Crippen LogP contribution in [0.2, 0.25) is 5.02 Å². The van der Waals surface area contributed by atoms with Gasteiger partial charge in [-0.05, 0) is 12.0 Å². The van der Waals surface area contributed by atoms with Crippen LogP contribution in [0.4, 0.5) is 0 Å². The Hall–Kier alpha value is -1.42. The molecule has 0 saturated carbocycles. The fourth-order valence-electron chi connectivity index (χ4n) is 1.28. The Bertz CT molecular complexity index is 415. The number of carbonyl (C=O) groups is 1. The zero-order valence-corrected chi connectivity index (χ0v) is 10.7. The van der Waals surface area contributed by atoms with E-state index >= 15 is 0 Å². The lowest BCUT2D eigenvalue weighted by molar-refractivity contribution is 0.0690. The smallest absolute Gasteiger partial charge is 0.339 e. The molecule has 0 unspecified atom stereocenters. The van der Waals surface area contributed by atoms with E-state index in [0.717, 1.165) is 0 Å². The van der Waals surface area contributed by atoms with Crippen LogP contribution in [0.1, 0.15) is 24.2 Å². The zero-order valence-electron chi connectivity index (χ0n) is 9.99. The normalized spacial score (nSPS) is 10.4. The summed E-state index contributed by atoms with van der Waals surface area (Å²) in [5.74, 6) is -0.254. The van der Waals surface area contributed by atoms with Gasteiger partial charge in [-0.15, -0.1) is 0 Å². The Balaban J connectivity index is 3.17. The fourth-order valence-corrected chi connectivity index (χ4v) is 1.49. The molecule has 0 amide bonds. The third-order valence-electron chi connectivity index (χ3n) is 2.03. The van der Waals surface area contributed by atoms with Gasteiger partial charge in [-0.25, -0.2) is 4.79 Å². The highest BCUT2D eigenvalue weighted by molar-refractivity contribution is 6.31. The minimum Gasteiger partial charge on any atom is -0.493 e. The molecule has 0 bridgehead atoms. The molecule has 0 saturated heterocycles. The van der Waals surface area contributed by atoms with E-state index in [0.29, 0.717) is 17.4 Å². The predicted octanol–water partition coefficient (Wildman–Crippen LogP) is 3.08. The predicted molar refractivity (Wildman–Crippen MR) is 65.3 cm³/mol. The lowest BCUT2D eigenvalue weighted by Crippen LogP contribution is -2.09. The summed E-state index contributed by atoms with van der Waals surface area (Å²) in [6.45, 7) is 4.37. The van der Waals surface area contributed by atoms with Gasteiger partial charge in [-0.3, -0.25) is 0 Å². The number of carboxylic acids is 1. The number of hydrogen-bond acceptors (Lipinski definition) is 3. The summed E-state index contributed by atoms with van der Waals surface area (Å²) in [5.41, 5.74) is 0.00926. The first kappa shape index (κ1) is 13.6. The summed E-state index contributed by atoms with van der Waals surface area (Å²) < 4.78 is 10.5. The third kappa shape index (κ3) is 3.53. The fraction of sp³-hybridized carbons (Fsp3) is 0.417. The maximum Gasteiger partial charge on any atom is 0.339 e. The summed E-state index contributed by atoms with van der Waals surface area (Å²) in [6, 6.07) is 2.88. The Labute approximate surface area is 105 Å². The van der Waals surface area contributed by atoms with Gasteiger partial charge in [0, 0.05) is 11.1 Å². The van der Waals surface area contributed by atoms with E-state index in [-0.39, 0.29) is 17.2 Å². The van der Waals surface area contributed by atoms with Crippen molar-refractivity contribution in [1.82, 2.24) is 0 Å². The first-order valence-electron chi connectivity index (χ1n) is 5.19. The van der Waals surface area contributed by atoms with Gasteiger partial charge in [-0.1, -0.05) is 25.4 Å². The highest BCUT2D eigenvalue weighted by atomic mass is 35.5. The molecule has 0 spiro atoms.